The number of anilines is 1. The molecule has 0 bridgehead atoms. The molecule has 0 aliphatic carbocycles. The molecule has 168 valence electrons. The summed E-state index contributed by atoms with van der Waals surface area (Å²) < 4.78 is 17.0. The molecule has 4 aromatic rings. The molecular formula is C27H24ClNO4. The number of para-hydroxylation sites is 2. The molecule has 0 aliphatic heterocycles. The van der Waals surface area contributed by atoms with Crippen LogP contribution in [0, 0.1) is 0 Å². The number of hydrogen-bond donors (Lipinski definition) is 1. The number of methoxy groups -OCH3 is 1. The van der Waals surface area contributed by atoms with Gasteiger partial charge in [-0.15, -0.1) is 0 Å². The van der Waals surface area contributed by atoms with Crippen LogP contribution in [0.5, 0.6) is 11.5 Å². The molecule has 0 aliphatic rings. The van der Waals surface area contributed by atoms with E-state index in [1.54, 1.807) is 19.4 Å². The lowest BCUT2D eigenvalue weighted by molar-refractivity contribution is -0.111. The molecule has 3 aromatic carbocycles. The zero-order valence-electron chi connectivity index (χ0n) is 18.6. The number of rotatable bonds is 7. The first-order valence-corrected chi connectivity index (χ1v) is 10.9. The van der Waals surface area contributed by atoms with Gasteiger partial charge < -0.3 is 19.2 Å². The van der Waals surface area contributed by atoms with E-state index in [0.717, 1.165) is 27.6 Å². The Morgan fingerprint density at radius 3 is 2.58 bits per heavy atom. The van der Waals surface area contributed by atoms with E-state index in [9.17, 15) is 4.79 Å². The number of amides is 1. The number of fused-ring (bicyclic) bond motifs is 1. The third-order valence-electron chi connectivity index (χ3n) is 5.27. The Morgan fingerprint density at radius 2 is 1.85 bits per heavy atom. The summed E-state index contributed by atoms with van der Waals surface area (Å²) in [7, 11) is 1.60. The maximum Gasteiger partial charge on any atom is 0.248 e. The molecular weight excluding hydrogens is 438 g/mol. The molecule has 5 nitrogen and oxygen atoms in total. The minimum Gasteiger partial charge on any atom is -0.496 e. The number of benzene rings is 3. The van der Waals surface area contributed by atoms with Crippen molar-refractivity contribution < 1.29 is 18.7 Å². The second-order valence-electron chi connectivity index (χ2n) is 7.45. The highest BCUT2D eigenvalue weighted by atomic mass is 35.5. The number of nitrogens with one attached hydrogen (secondary N) is 1. The van der Waals surface area contributed by atoms with E-state index < -0.39 is 0 Å². The van der Waals surface area contributed by atoms with Gasteiger partial charge >= 0.3 is 0 Å². The Hall–Kier alpha value is -3.70. The van der Waals surface area contributed by atoms with E-state index >= 15 is 0 Å². The van der Waals surface area contributed by atoms with E-state index in [4.69, 9.17) is 25.5 Å². The molecule has 0 unspecified atom stereocenters. The molecule has 0 fully saturated rings. The van der Waals surface area contributed by atoms with Crippen molar-refractivity contribution in [3.63, 3.8) is 0 Å². The summed E-state index contributed by atoms with van der Waals surface area (Å²) in [4.78, 5) is 12.8. The van der Waals surface area contributed by atoms with Gasteiger partial charge in [-0.05, 0) is 55.3 Å². The SMILES string of the molecule is CCOc1ccccc1NC(=O)/C=C(\C)c1cc2c(-c3ccc(Cl)cc3)coc2cc1OC. The lowest BCUT2D eigenvalue weighted by Gasteiger charge is -2.12. The lowest BCUT2D eigenvalue weighted by Crippen LogP contribution is -2.10. The van der Waals surface area contributed by atoms with Crippen LogP contribution in [0.3, 0.4) is 0 Å². The van der Waals surface area contributed by atoms with Crippen molar-refractivity contribution in [2.45, 2.75) is 13.8 Å². The summed E-state index contributed by atoms with van der Waals surface area (Å²) >= 11 is 6.04. The fourth-order valence-corrected chi connectivity index (χ4v) is 3.81. The van der Waals surface area contributed by atoms with Gasteiger partial charge in [0, 0.05) is 33.7 Å². The van der Waals surface area contributed by atoms with Crippen LogP contribution in [-0.2, 0) is 4.79 Å². The van der Waals surface area contributed by atoms with Crippen molar-refractivity contribution in [3.8, 4) is 22.6 Å². The van der Waals surface area contributed by atoms with Crippen LogP contribution in [-0.4, -0.2) is 19.6 Å². The first-order valence-electron chi connectivity index (χ1n) is 10.6. The van der Waals surface area contributed by atoms with Gasteiger partial charge in [0.05, 0.1) is 25.7 Å². The van der Waals surface area contributed by atoms with Gasteiger partial charge in [-0.25, -0.2) is 0 Å². The minimum atomic E-state index is -0.257. The Balaban J connectivity index is 1.69. The summed E-state index contributed by atoms with van der Waals surface area (Å²) in [5, 5.41) is 4.49. The van der Waals surface area contributed by atoms with Crippen molar-refractivity contribution in [2.75, 3.05) is 19.0 Å². The van der Waals surface area contributed by atoms with Gasteiger partial charge in [0.2, 0.25) is 5.91 Å². The summed E-state index contributed by atoms with van der Waals surface area (Å²) in [6.45, 7) is 4.29. The van der Waals surface area contributed by atoms with Crippen LogP contribution >= 0.6 is 11.6 Å². The van der Waals surface area contributed by atoms with Crippen LogP contribution in [0.2, 0.25) is 5.02 Å². The Bertz CT molecular complexity index is 1320. The first-order chi connectivity index (χ1) is 16.0. The number of carbonyl (C=O) groups is 1. The van der Waals surface area contributed by atoms with Crippen LogP contribution in [0.4, 0.5) is 5.69 Å². The first kappa shape index (κ1) is 22.5. The van der Waals surface area contributed by atoms with Gasteiger partial charge in [0.25, 0.3) is 0 Å². The van der Waals surface area contributed by atoms with Gasteiger partial charge in [-0.3, -0.25) is 4.79 Å². The van der Waals surface area contributed by atoms with E-state index in [1.165, 1.54) is 0 Å². The predicted octanol–water partition coefficient (Wildman–Crippen LogP) is 7.20. The Labute approximate surface area is 197 Å². The molecule has 1 N–H and O–H groups in total. The van der Waals surface area contributed by atoms with Crippen molar-refractivity contribution >= 4 is 39.7 Å². The van der Waals surface area contributed by atoms with Crippen LogP contribution in [0.1, 0.15) is 19.4 Å². The number of hydrogen-bond acceptors (Lipinski definition) is 4. The number of carbonyl (C=O) groups excluding carboxylic acids is 1. The number of halogens is 1. The average molecular weight is 462 g/mol. The van der Waals surface area contributed by atoms with E-state index in [-0.39, 0.29) is 5.91 Å². The molecule has 0 saturated heterocycles. The third kappa shape index (κ3) is 4.89. The van der Waals surface area contributed by atoms with Crippen LogP contribution in [0.15, 0.2) is 77.4 Å². The molecule has 4 rings (SSSR count). The molecule has 6 heteroatoms. The van der Waals surface area contributed by atoms with Crippen molar-refractivity contribution in [3.05, 3.63) is 83.6 Å². The fraction of sp³-hybridized carbons (Fsp3) is 0.148. The second kappa shape index (κ2) is 9.84. The highest BCUT2D eigenvalue weighted by molar-refractivity contribution is 6.30. The molecule has 0 saturated carbocycles. The van der Waals surface area contributed by atoms with Gasteiger partial charge in [-0.2, -0.15) is 0 Å². The van der Waals surface area contributed by atoms with Gasteiger partial charge in [0.15, 0.2) is 0 Å². The molecule has 0 atom stereocenters. The topological polar surface area (TPSA) is 60.7 Å². The van der Waals surface area contributed by atoms with E-state index in [2.05, 4.69) is 5.32 Å². The molecule has 1 amide bonds. The van der Waals surface area contributed by atoms with E-state index in [0.29, 0.717) is 34.4 Å². The third-order valence-corrected chi connectivity index (χ3v) is 5.52. The van der Waals surface area contributed by atoms with Gasteiger partial charge in [0.1, 0.15) is 17.1 Å². The quantitative estimate of drug-likeness (QED) is 0.295. The maximum atomic E-state index is 12.8. The Kier molecular flexibility index (Phi) is 6.71. The molecule has 1 aromatic heterocycles. The number of furan rings is 1. The highest BCUT2D eigenvalue weighted by Crippen LogP contribution is 2.37. The summed E-state index contributed by atoms with van der Waals surface area (Å²) in [6.07, 6.45) is 3.27. The highest BCUT2D eigenvalue weighted by Gasteiger charge is 2.15. The van der Waals surface area contributed by atoms with Crippen LogP contribution in [0.25, 0.3) is 27.7 Å². The number of allylic oxidation sites excluding steroid dienone is 1. The summed E-state index contributed by atoms with van der Waals surface area (Å²) in [6, 6.07) is 18.7. The average Bonchev–Trinajstić information content (AvgIpc) is 3.23. The molecule has 33 heavy (non-hydrogen) atoms. The molecule has 1 heterocycles. The summed E-state index contributed by atoms with van der Waals surface area (Å²) in [5.41, 5.74) is 4.80. The van der Waals surface area contributed by atoms with Crippen molar-refractivity contribution in [1.82, 2.24) is 0 Å². The normalized spacial score (nSPS) is 11.5. The van der Waals surface area contributed by atoms with Crippen LogP contribution < -0.4 is 14.8 Å². The Morgan fingerprint density at radius 1 is 1.09 bits per heavy atom. The van der Waals surface area contributed by atoms with E-state index in [1.807, 2.05) is 74.5 Å². The lowest BCUT2D eigenvalue weighted by atomic mass is 9.99. The predicted molar refractivity (Wildman–Crippen MR) is 133 cm³/mol. The van der Waals surface area contributed by atoms with Gasteiger partial charge in [-0.1, -0.05) is 35.9 Å². The molecule has 0 radical (unpaired) electrons. The van der Waals surface area contributed by atoms with Crippen molar-refractivity contribution in [1.29, 1.82) is 0 Å². The summed E-state index contributed by atoms with van der Waals surface area (Å²) in [5.74, 6) is 0.993. The standard InChI is InChI=1S/C27H24ClNO4/c1-4-32-24-8-6-5-7-23(24)29-27(30)13-17(2)20-14-21-22(18-9-11-19(28)12-10-18)16-33-26(21)15-25(20)31-3/h5-16H,4H2,1-3H3,(H,29,30)/b17-13+. The second-order valence-corrected chi connectivity index (χ2v) is 7.89. The largest absolute Gasteiger partial charge is 0.496 e. The molecule has 0 spiro atoms. The number of ether oxygens (including phenoxy) is 2. The zero-order chi connectivity index (χ0) is 23.4. The fourth-order valence-electron chi connectivity index (χ4n) is 3.68. The monoisotopic (exact) mass is 461 g/mol. The maximum absolute atomic E-state index is 12.8. The smallest absolute Gasteiger partial charge is 0.248 e. The van der Waals surface area contributed by atoms with Crippen molar-refractivity contribution in [2.24, 2.45) is 0 Å². The zero-order valence-corrected chi connectivity index (χ0v) is 19.4. The minimum absolute atomic E-state index is 0.257.